The average Bonchev–Trinajstić information content (AvgIpc) is 2.03. The molecule has 3 nitrogen and oxygen atoms in total. The van der Waals surface area contributed by atoms with Crippen molar-refractivity contribution >= 4 is 9.84 Å². The third-order valence-corrected chi connectivity index (χ3v) is 2.94. The van der Waals surface area contributed by atoms with Gasteiger partial charge in [0.25, 0.3) is 0 Å². The lowest BCUT2D eigenvalue weighted by molar-refractivity contribution is 0.603. The number of rotatable bonds is 1. The highest BCUT2D eigenvalue weighted by Crippen LogP contribution is 2.21. The molecule has 0 bridgehead atoms. The van der Waals surface area contributed by atoms with E-state index in [1.54, 1.807) is 18.2 Å². The van der Waals surface area contributed by atoms with Crippen molar-refractivity contribution in [3.8, 4) is 6.07 Å². The first-order valence-corrected chi connectivity index (χ1v) is 5.40. The number of allylic oxidation sites excluding steroid dienone is 4. The molecule has 1 unspecified atom stereocenters. The Morgan fingerprint density at radius 2 is 2.33 bits per heavy atom. The smallest absolute Gasteiger partial charge is 0.171 e. The van der Waals surface area contributed by atoms with E-state index in [9.17, 15) is 8.42 Å². The molecule has 1 aliphatic carbocycles. The molecular formula is C8H9NO2S. The van der Waals surface area contributed by atoms with E-state index in [-0.39, 0.29) is 5.92 Å². The largest absolute Gasteiger partial charge is 0.224 e. The predicted molar refractivity (Wildman–Crippen MR) is 45.8 cm³/mol. The first kappa shape index (κ1) is 9.01. The van der Waals surface area contributed by atoms with Crippen LogP contribution < -0.4 is 0 Å². The van der Waals surface area contributed by atoms with Crippen LogP contribution in [0.1, 0.15) is 6.42 Å². The van der Waals surface area contributed by atoms with Crippen LogP contribution >= 0.6 is 0 Å². The summed E-state index contributed by atoms with van der Waals surface area (Å²) in [5.74, 6) is -0.292. The van der Waals surface area contributed by atoms with Crippen molar-refractivity contribution in [1.29, 1.82) is 5.26 Å². The van der Waals surface area contributed by atoms with E-state index in [1.165, 1.54) is 0 Å². The van der Waals surface area contributed by atoms with E-state index >= 15 is 0 Å². The Kier molecular flexibility index (Phi) is 2.34. The topological polar surface area (TPSA) is 57.9 Å². The highest BCUT2D eigenvalue weighted by atomic mass is 32.2. The molecule has 0 saturated heterocycles. The molecule has 0 spiro atoms. The van der Waals surface area contributed by atoms with Crippen LogP contribution in [0.5, 0.6) is 0 Å². The lowest BCUT2D eigenvalue weighted by Crippen LogP contribution is -2.07. The Morgan fingerprint density at radius 1 is 1.67 bits per heavy atom. The monoisotopic (exact) mass is 183 g/mol. The first-order chi connectivity index (χ1) is 5.54. The summed E-state index contributed by atoms with van der Waals surface area (Å²) in [4.78, 5) is 0.344. The van der Waals surface area contributed by atoms with Crippen LogP contribution in [0, 0.1) is 17.2 Å². The van der Waals surface area contributed by atoms with Crippen molar-refractivity contribution in [2.45, 2.75) is 6.42 Å². The molecule has 0 fully saturated rings. The molecular weight excluding hydrogens is 174 g/mol. The molecule has 1 atom stereocenters. The second-order valence-electron chi connectivity index (χ2n) is 2.73. The molecule has 0 aliphatic heterocycles. The fourth-order valence-electron chi connectivity index (χ4n) is 1.01. The minimum absolute atomic E-state index is 0.292. The Bertz CT molecular complexity index is 370. The Labute approximate surface area is 71.9 Å². The molecule has 12 heavy (non-hydrogen) atoms. The zero-order valence-corrected chi connectivity index (χ0v) is 7.50. The van der Waals surface area contributed by atoms with E-state index in [0.29, 0.717) is 11.3 Å². The first-order valence-electron chi connectivity index (χ1n) is 3.51. The van der Waals surface area contributed by atoms with Crippen molar-refractivity contribution in [2.24, 2.45) is 5.92 Å². The Balaban J connectivity index is 2.93. The van der Waals surface area contributed by atoms with Gasteiger partial charge < -0.3 is 0 Å². The predicted octanol–water partition coefficient (Wildman–Crippen LogP) is 1.01. The number of nitrogens with zero attached hydrogens (tertiary/aromatic N) is 1. The third kappa shape index (κ3) is 1.95. The lowest BCUT2D eigenvalue weighted by Gasteiger charge is -2.09. The van der Waals surface area contributed by atoms with Gasteiger partial charge in [0, 0.05) is 17.6 Å². The standard InChI is InChI=1S/C8H9NO2S/c1-12(10,11)8-4-2-3-7(5-8)6-9/h2-4,7H,5H2,1H3. The van der Waals surface area contributed by atoms with Gasteiger partial charge in [-0.25, -0.2) is 8.42 Å². The summed E-state index contributed by atoms with van der Waals surface area (Å²) in [6, 6.07) is 2.01. The number of hydrogen-bond donors (Lipinski definition) is 0. The third-order valence-electron chi connectivity index (χ3n) is 1.69. The maximum atomic E-state index is 11.0. The van der Waals surface area contributed by atoms with Gasteiger partial charge in [-0.15, -0.1) is 0 Å². The second-order valence-corrected chi connectivity index (χ2v) is 4.80. The number of nitriles is 1. The molecule has 0 amide bonds. The van der Waals surface area contributed by atoms with E-state index < -0.39 is 9.84 Å². The summed E-state index contributed by atoms with van der Waals surface area (Å²) in [5.41, 5.74) is 0. The highest BCUT2D eigenvalue weighted by Gasteiger charge is 2.17. The summed E-state index contributed by atoms with van der Waals surface area (Å²) in [7, 11) is -3.11. The Morgan fingerprint density at radius 3 is 2.83 bits per heavy atom. The lowest BCUT2D eigenvalue weighted by atomic mass is 10.0. The Hall–Kier alpha value is -1.08. The molecule has 0 aromatic carbocycles. The van der Waals surface area contributed by atoms with E-state index in [1.807, 2.05) is 6.07 Å². The van der Waals surface area contributed by atoms with Crippen LogP contribution in [0.25, 0.3) is 0 Å². The fraction of sp³-hybridized carbons (Fsp3) is 0.375. The SMILES string of the molecule is CS(=O)(=O)C1=CC=CC(C#N)C1. The van der Waals surface area contributed by atoms with E-state index in [0.717, 1.165) is 6.26 Å². The number of sulfone groups is 1. The molecule has 1 aliphatic rings. The van der Waals surface area contributed by atoms with E-state index in [4.69, 9.17) is 5.26 Å². The van der Waals surface area contributed by atoms with Gasteiger partial charge in [-0.2, -0.15) is 5.26 Å². The molecule has 1 rings (SSSR count). The summed E-state index contributed by atoms with van der Waals surface area (Å²) in [6.45, 7) is 0. The quantitative estimate of drug-likeness (QED) is 0.609. The minimum atomic E-state index is -3.11. The molecule has 0 heterocycles. The van der Waals surface area contributed by atoms with Crippen molar-refractivity contribution in [3.05, 3.63) is 23.1 Å². The molecule has 0 aromatic heterocycles. The van der Waals surface area contributed by atoms with Crippen molar-refractivity contribution in [2.75, 3.05) is 6.26 Å². The van der Waals surface area contributed by atoms with Gasteiger partial charge in [-0.1, -0.05) is 12.2 Å². The zero-order chi connectivity index (χ0) is 9.19. The van der Waals surface area contributed by atoms with Gasteiger partial charge in [-0.3, -0.25) is 0 Å². The molecule has 0 N–H and O–H groups in total. The molecule has 4 heteroatoms. The summed E-state index contributed by atoms with van der Waals surface area (Å²) < 4.78 is 22.1. The van der Waals surface area contributed by atoms with Gasteiger partial charge in [0.15, 0.2) is 9.84 Å². The highest BCUT2D eigenvalue weighted by molar-refractivity contribution is 7.94. The van der Waals surface area contributed by atoms with Crippen molar-refractivity contribution in [3.63, 3.8) is 0 Å². The summed E-state index contributed by atoms with van der Waals surface area (Å²) >= 11 is 0. The summed E-state index contributed by atoms with van der Waals surface area (Å²) in [6.07, 6.45) is 6.34. The molecule has 64 valence electrons. The minimum Gasteiger partial charge on any atom is -0.224 e. The van der Waals surface area contributed by atoms with Gasteiger partial charge >= 0.3 is 0 Å². The molecule has 0 radical (unpaired) electrons. The number of hydrogen-bond acceptors (Lipinski definition) is 3. The van der Waals surface area contributed by atoms with Crippen LogP contribution in [-0.4, -0.2) is 14.7 Å². The van der Waals surface area contributed by atoms with Crippen LogP contribution in [-0.2, 0) is 9.84 Å². The van der Waals surface area contributed by atoms with Crippen LogP contribution in [0.4, 0.5) is 0 Å². The average molecular weight is 183 g/mol. The normalized spacial score (nSPS) is 23.0. The van der Waals surface area contributed by atoms with Gasteiger partial charge in [0.2, 0.25) is 0 Å². The maximum Gasteiger partial charge on any atom is 0.171 e. The zero-order valence-electron chi connectivity index (χ0n) is 6.69. The van der Waals surface area contributed by atoms with Crippen LogP contribution in [0.15, 0.2) is 23.1 Å². The van der Waals surface area contributed by atoms with Crippen molar-refractivity contribution < 1.29 is 8.42 Å². The van der Waals surface area contributed by atoms with Crippen LogP contribution in [0.3, 0.4) is 0 Å². The van der Waals surface area contributed by atoms with E-state index in [2.05, 4.69) is 0 Å². The van der Waals surface area contributed by atoms with Crippen LogP contribution in [0.2, 0.25) is 0 Å². The van der Waals surface area contributed by atoms with Gasteiger partial charge in [0.1, 0.15) is 0 Å². The fourth-order valence-corrected chi connectivity index (χ4v) is 1.82. The van der Waals surface area contributed by atoms with Gasteiger partial charge in [0.05, 0.1) is 12.0 Å². The molecule has 0 saturated carbocycles. The molecule has 0 aromatic rings. The van der Waals surface area contributed by atoms with Gasteiger partial charge in [-0.05, 0) is 6.08 Å². The maximum absolute atomic E-state index is 11.0. The second kappa shape index (κ2) is 3.11. The van der Waals surface area contributed by atoms with Crippen molar-refractivity contribution in [1.82, 2.24) is 0 Å². The summed E-state index contributed by atoms with van der Waals surface area (Å²) in [5, 5.41) is 8.55.